The van der Waals surface area contributed by atoms with Crippen LogP contribution in [-0.4, -0.2) is 29.6 Å². The molecule has 1 aliphatic rings. The van der Waals surface area contributed by atoms with Gasteiger partial charge in [-0.15, -0.1) is 0 Å². The molecule has 5 nitrogen and oxygen atoms in total. The number of hydrogen-bond donors (Lipinski definition) is 2. The quantitative estimate of drug-likeness (QED) is 0.738. The van der Waals surface area contributed by atoms with Crippen LogP contribution in [0, 0.1) is 0 Å². The highest BCUT2D eigenvalue weighted by Gasteiger charge is 2.22. The normalized spacial score (nSPS) is 14.1. The van der Waals surface area contributed by atoms with E-state index in [1.165, 1.54) is 6.08 Å². The van der Waals surface area contributed by atoms with Crippen molar-refractivity contribution < 1.29 is 19.4 Å². The van der Waals surface area contributed by atoms with Gasteiger partial charge in [0.1, 0.15) is 5.75 Å². The van der Waals surface area contributed by atoms with Gasteiger partial charge < -0.3 is 15.2 Å². The minimum absolute atomic E-state index is 0.00892. The zero-order valence-corrected chi connectivity index (χ0v) is 12.9. The maximum atomic E-state index is 11.5. The van der Waals surface area contributed by atoms with Crippen molar-refractivity contribution in [3.8, 4) is 5.75 Å². The average Bonchev–Trinajstić information content (AvgIpc) is 3.22. The molecule has 1 amide bonds. The van der Waals surface area contributed by atoms with Gasteiger partial charge in [0.2, 0.25) is 5.91 Å². The zero-order valence-electron chi connectivity index (χ0n) is 11.3. The summed E-state index contributed by atoms with van der Waals surface area (Å²) in [6, 6.07) is 5.62. The van der Waals surface area contributed by atoms with Crippen LogP contribution in [0.25, 0.3) is 6.08 Å². The van der Waals surface area contributed by atoms with Crippen molar-refractivity contribution in [2.45, 2.75) is 25.3 Å². The van der Waals surface area contributed by atoms with E-state index >= 15 is 0 Å². The first kappa shape index (κ1) is 15.6. The molecule has 0 heterocycles. The van der Waals surface area contributed by atoms with Crippen molar-refractivity contribution in [2.24, 2.45) is 0 Å². The van der Waals surface area contributed by atoms with Crippen molar-refractivity contribution in [3.05, 3.63) is 34.3 Å². The van der Waals surface area contributed by atoms with Gasteiger partial charge in [-0.05, 0) is 52.5 Å². The molecule has 6 heteroatoms. The molecule has 21 heavy (non-hydrogen) atoms. The predicted octanol–water partition coefficient (Wildman–Crippen LogP) is 2.59. The van der Waals surface area contributed by atoms with Gasteiger partial charge in [-0.25, -0.2) is 4.79 Å². The average molecular weight is 354 g/mol. The Bertz CT molecular complexity index is 567. The molecule has 1 aromatic carbocycles. The van der Waals surface area contributed by atoms with Crippen molar-refractivity contribution in [3.63, 3.8) is 0 Å². The largest absolute Gasteiger partial charge is 0.492 e. The summed E-state index contributed by atoms with van der Waals surface area (Å²) in [5.41, 5.74) is 0.753. The Morgan fingerprint density at radius 3 is 2.81 bits per heavy atom. The summed E-state index contributed by atoms with van der Waals surface area (Å²) in [5.74, 6) is -0.357. The van der Waals surface area contributed by atoms with Gasteiger partial charge in [-0.2, -0.15) is 0 Å². The number of carbonyl (C=O) groups is 2. The van der Waals surface area contributed by atoms with E-state index in [1.807, 2.05) is 0 Å². The second-order valence-corrected chi connectivity index (χ2v) is 5.66. The van der Waals surface area contributed by atoms with Gasteiger partial charge in [0.25, 0.3) is 0 Å². The SMILES string of the molecule is O=C(O)/C=C/c1ccc(OCCC(=O)NC2CC2)c(Br)c1. The van der Waals surface area contributed by atoms with Crippen LogP contribution in [0.15, 0.2) is 28.7 Å². The van der Waals surface area contributed by atoms with Crippen LogP contribution in [0.4, 0.5) is 0 Å². The Hall–Kier alpha value is -1.82. The molecule has 112 valence electrons. The predicted molar refractivity (Wildman–Crippen MR) is 82.1 cm³/mol. The van der Waals surface area contributed by atoms with E-state index in [0.717, 1.165) is 29.0 Å². The highest BCUT2D eigenvalue weighted by molar-refractivity contribution is 9.10. The Labute approximate surface area is 131 Å². The maximum Gasteiger partial charge on any atom is 0.328 e. The van der Waals surface area contributed by atoms with E-state index in [2.05, 4.69) is 21.2 Å². The third-order valence-electron chi connectivity index (χ3n) is 2.90. The lowest BCUT2D eigenvalue weighted by Crippen LogP contribution is -2.26. The number of aliphatic carboxylic acids is 1. The topological polar surface area (TPSA) is 75.6 Å². The smallest absolute Gasteiger partial charge is 0.328 e. The molecule has 0 spiro atoms. The molecular formula is C15H16BrNO4. The summed E-state index contributed by atoms with van der Waals surface area (Å²) in [6.07, 6.45) is 5.04. The number of hydrogen-bond acceptors (Lipinski definition) is 3. The fourth-order valence-corrected chi connectivity index (χ4v) is 2.20. The summed E-state index contributed by atoms with van der Waals surface area (Å²) < 4.78 is 6.26. The number of carbonyl (C=O) groups excluding carboxylic acids is 1. The van der Waals surface area contributed by atoms with Crippen molar-refractivity contribution in [1.82, 2.24) is 5.32 Å². The molecule has 0 radical (unpaired) electrons. The summed E-state index contributed by atoms with van der Waals surface area (Å²) in [5, 5.41) is 11.5. The molecule has 1 aliphatic carbocycles. The molecular weight excluding hydrogens is 338 g/mol. The summed E-state index contributed by atoms with van der Waals surface area (Å²) in [7, 11) is 0. The van der Waals surface area contributed by atoms with Crippen LogP contribution < -0.4 is 10.1 Å². The fourth-order valence-electron chi connectivity index (χ4n) is 1.69. The number of nitrogens with one attached hydrogen (secondary N) is 1. The molecule has 1 saturated carbocycles. The van der Waals surface area contributed by atoms with Gasteiger partial charge in [-0.3, -0.25) is 4.79 Å². The van der Waals surface area contributed by atoms with Crippen LogP contribution in [0.1, 0.15) is 24.8 Å². The lowest BCUT2D eigenvalue weighted by molar-refractivity contribution is -0.131. The molecule has 2 N–H and O–H groups in total. The van der Waals surface area contributed by atoms with Crippen molar-refractivity contribution in [2.75, 3.05) is 6.61 Å². The molecule has 0 unspecified atom stereocenters. The number of carboxylic acid groups (broad SMARTS) is 1. The fraction of sp³-hybridized carbons (Fsp3) is 0.333. The first-order valence-electron chi connectivity index (χ1n) is 6.67. The standard InChI is InChI=1S/C15H16BrNO4/c16-12-9-10(2-6-15(19)20)1-5-13(12)21-8-7-14(18)17-11-3-4-11/h1-2,5-6,9,11H,3-4,7-8H2,(H,17,18)(H,19,20)/b6-2+. The van der Waals surface area contributed by atoms with E-state index in [4.69, 9.17) is 9.84 Å². The van der Waals surface area contributed by atoms with Gasteiger partial charge in [0, 0.05) is 12.1 Å². The highest BCUT2D eigenvalue weighted by atomic mass is 79.9. The van der Waals surface area contributed by atoms with E-state index in [9.17, 15) is 9.59 Å². The van der Waals surface area contributed by atoms with Crippen LogP contribution in [0.3, 0.4) is 0 Å². The second kappa shape index (κ2) is 7.26. The number of carboxylic acids is 1. The van der Waals surface area contributed by atoms with Crippen molar-refractivity contribution >= 4 is 33.9 Å². The van der Waals surface area contributed by atoms with E-state index in [0.29, 0.717) is 24.8 Å². The first-order chi connectivity index (χ1) is 10.0. The minimum Gasteiger partial charge on any atom is -0.492 e. The Balaban J connectivity index is 1.82. The number of halogens is 1. The number of benzene rings is 1. The Morgan fingerprint density at radius 1 is 1.43 bits per heavy atom. The molecule has 0 saturated heterocycles. The molecule has 0 aromatic heterocycles. The third kappa shape index (κ3) is 5.59. The molecule has 1 fully saturated rings. The minimum atomic E-state index is -0.992. The molecule has 0 bridgehead atoms. The maximum absolute atomic E-state index is 11.5. The summed E-state index contributed by atoms with van der Waals surface area (Å²) in [6.45, 7) is 0.307. The molecule has 1 aromatic rings. The van der Waals surface area contributed by atoms with Gasteiger partial charge >= 0.3 is 5.97 Å². The van der Waals surface area contributed by atoms with Crippen LogP contribution in [-0.2, 0) is 9.59 Å². The van der Waals surface area contributed by atoms with Crippen LogP contribution in [0.5, 0.6) is 5.75 Å². The highest BCUT2D eigenvalue weighted by Crippen LogP contribution is 2.26. The van der Waals surface area contributed by atoms with E-state index in [-0.39, 0.29) is 5.91 Å². The molecule has 2 rings (SSSR count). The van der Waals surface area contributed by atoms with Gasteiger partial charge in [0.15, 0.2) is 0 Å². The zero-order chi connectivity index (χ0) is 15.2. The van der Waals surface area contributed by atoms with Crippen molar-refractivity contribution in [1.29, 1.82) is 0 Å². The summed E-state index contributed by atoms with van der Waals surface area (Å²) >= 11 is 3.36. The van der Waals surface area contributed by atoms with Crippen LogP contribution in [0.2, 0.25) is 0 Å². The van der Waals surface area contributed by atoms with E-state index < -0.39 is 5.97 Å². The van der Waals surface area contributed by atoms with Crippen LogP contribution >= 0.6 is 15.9 Å². The first-order valence-corrected chi connectivity index (χ1v) is 7.46. The Kier molecular flexibility index (Phi) is 5.38. The lowest BCUT2D eigenvalue weighted by Gasteiger charge is -2.09. The monoisotopic (exact) mass is 353 g/mol. The lowest BCUT2D eigenvalue weighted by atomic mass is 10.2. The summed E-state index contributed by atoms with van der Waals surface area (Å²) in [4.78, 5) is 22.0. The number of ether oxygens (including phenoxy) is 1. The van der Waals surface area contributed by atoms with E-state index in [1.54, 1.807) is 18.2 Å². The number of amides is 1. The van der Waals surface area contributed by atoms with Gasteiger partial charge in [-0.1, -0.05) is 6.07 Å². The second-order valence-electron chi connectivity index (χ2n) is 4.80. The molecule has 0 atom stereocenters. The third-order valence-corrected chi connectivity index (χ3v) is 3.52. The number of rotatable bonds is 7. The molecule has 0 aliphatic heterocycles. The van der Waals surface area contributed by atoms with Gasteiger partial charge in [0.05, 0.1) is 17.5 Å². The Morgan fingerprint density at radius 2 is 2.19 bits per heavy atom.